The zero-order valence-electron chi connectivity index (χ0n) is 10.9. The molecular weight excluding hydrogens is 222 g/mol. The minimum Gasteiger partial charge on any atom is -0.465 e. The van der Waals surface area contributed by atoms with Crippen LogP contribution in [0.3, 0.4) is 0 Å². The molecule has 0 spiro atoms. The van der Waals surface area contributed by atoms with Crippen LogP contribution in [0.25, 0.3) is 0 Å². The van der Waals surface area contributed by atoms with Crippen LogP contribution in [0.2, 0.25) is 0 Å². The van der Waals surface area contributed by atoms with E-state index in [4.69, 9.17) is 19.5 Å². The quantitative estimate of drug-likeness (QED) is 0.479. The molecule has 0 aliphatic rings. The summed E-state index contributed by atoms with van der Waals surface area (Å²) in [5, 5.41) is 9.02. The largest absolute Gasteiger partial charge is 0.465 e. The van der Waals surface area contributed by atoms with Crippen LogP contribution in [0.15, 0.2) is 0 Å². The highest BCUT2D eigenvalue weighted by molar-refractivity contribution is 5.75. The molecule has 0 aromatic heterocycles. The Balaban J connectivity index is 4.63. The second-order valence-electron chi connectivity index (χ2n) is 3.50. The van der Waals surface area contributed by atoms with Crippen LogP contribution in [-0.2, 0) is 19.0 Å². The van der Waals surface area contributed by atoms with Gasteiger partial charge in [-0.15, -0.1) is 0 Å². The SMILES string of the molecule is CCOC(=O)C(C#N)C(C)C(OCC)OCC. The normalized spacial score (nSPS) is 14.1. The molecule has 0 radical (unpaired) electrons. The maximum Gasteiger partial charge on any atom is 0.323 e. The van der Waals surface area contributed by atoms with Crippen LogP contribution in [0.4, 0.5) is 0 Å². The molecule has 2 unspecified atom stereocenters. The maximum absolute atomic E-state index is 11.6. The Kier molecular flexibility index (Phi) is 8.38. The first kappa shape index (κ1) is 15.9. The van der Waals surface area contributed by atoms with Gasteiger partial charge in [0.1, 0.15) is 0 Å². The van der Waals surface area contributed by atoms with Crippen LogP contribution >= 0.6 is 0 Å². The summed E-state index contributed by atoms with van der Waals surface area (Å²) in [6.45, 7) is 8.33. The second-order valence-corrected chi connectivity index (χ2v) is 3.50. The van der Waals surface area contributed by atoms with E-state index in [1.165, 1.54) is 0 Å². The number of esters is 1. The Morgan fingerprint density at radius 2 is 1.71 bits per heavy atom. The third-order valence-electron chi connectivity index (χ3n) is 2.30. The van der Waals surface area contributed by atoms with Gasteiger partial charge in [-0.2, -0.15) is 5.26 Å². The van der Waals surface area contributed by atoms with Crippen LogP contribution in [0.1, 0.15) is 27.7 Å². The molecule has 0 heterocycles. The number of hydrogen-bond donors (Lipinski definition) is 0. The van der Waals surface area contributed by atoms with Gasteiger partial charge in [-0.05, 0) is 20.8 Å². The van der Waals surface area contributed by atoms with E-state index < -0.39 is 18.2 Å². The molecule has 0 aliphatic carbocycles. The minimum absolute atomic E-state index is 0.262. The van der Waals surface area contributed by atoms with Crippen LogP contribution in [-0.4, -0.2) is 32.1 Å². The Morgan fingerprint density at radius 3 is 2.06 bits per heavy atom. The van der Waals surface area contributed by atoms with Gasteiger partial charge in [0.15, 0.2) is 12.2 Å². The van der Waals surface area contributed by atoms with Crippen molar-refractivity contribution in [2.45, 2.75) is 34.0 Å². The maximum atomic E-state index is 11.6. The van der Waals surface area contributed by atoms with Gasteiger partial charge >= 0.3 is 5.97 Å². The lowest BCUT2D eigenvalue weighted by Crippen LogP contribution is -2.35. The molecule has 0 bridgehead atoms. The van der Waals surface area contributed by atoms with Gasteiger partial charge in [-0.25, -0.2) is 0 Å². The molecule has 5 nitrogen and oxygen atoms in total. The number of hydrogen-bond acceptors (Lipinski definition) is 5. The van der Waals surface area contributed by atoms with Crippen molar-refractivity contribution in [1.82, 2.24) is 0 Å². The van der Waals surface area contributed by atoms with Crippen molar-refractivity contribution < 1.29 is 19.0 Å². The van der Waals surface area contributed by atoms with Crippen molar-refractivity contribution in [1.29, 1.82) is 5.26 Å². The third kappa shape index (κ3) is 5.16. The zero-order valence-corrected chi connectivity index (χ0v) is 10.9. The van der Waals surface area contributed by atoms with E-state index in [1.54, 1.807) is 13.8 Å². The predicted octanol–water partition coefficient (Wildman–Crippen LogP) is 1.72. The van der Waals surface area contributed by atoms with Crippen LogP contribution in [0.5, 0.6) is 0 Å². The average Bonchev–Trinajstić information content (AvgIpc) is 2.30. The molecule has 0 rings (SSSR count). The van der Waals surface area contributed by atoms with Gasteiger partial charge in [0.05, 0.1) is 12.7 Å². The molecule has 98 valence electrons. The Bertz CT molecular complexity index is 256. The van der Waals surface area contributed by atoms with E-state index in [0.29, 0.717) is 13.2 Å². The van der Waals surface area contributed by atoms with Crippen molar-refractivity contribution in [2.24, 2.45) is 11.8 Å². The van der Waals surface area contributed by atoms with Gasteiger partial charge in [-0.1, -0.05) is 6.92 Å². The highest BCUT2D eigenvalue weighted by atomic mass is 16.7. The van der Waals surface area contributed by atoms with E-state index in [-0.39, 0.29) is 12.5 Å². The highest BCUT2D eigenvalue weighted by Crippen LogP contribution is 2.20. The summed E-state index contributed by atoms with van der Waals surface area (Å²) in [5.41, 5.74) is 0. The lowest BCUT2D eigenvalue weighted by molar-refractivity contribution is -0.179. The fourth-order valence-electron chi connectivity index (χ4n) is 1.45. The van der Waals surface area contributed by atoms with Crippen LogP contribution in [0, 0.1) is 23.2 Å². The molecule has 0 aromatic carbocycles. The number of ether oxygens (including phenoxy) is 3. The van der Waals surface area contributed by atoms with E-state index in [0.717, 1.165) is 0 Å². The number of rotatable bonds is 8. The standard InChI is InChI=1S/C12H21NO4/c1-5-15-11(14)10(8-13)9(4)12(16-6-2)17-7-3/h9-10,12H,5-7H2,1-4H3. The summed E-state index contributed by atoms with van der Waals surface area (Å²) in [6.07, 6.45) is -0.556. The van der Waals surface area contributed by atoms with Crippen molar-refractivity contribution >= 4 is 5.97 Å². The second kappa shape index (κ2) is 8.97. The van der Waals surface area contributed by atoms with Gasteiger partial charge in [0.25, 0.3) is 0 Å². The van der Waals surface area contributed by atoms with Crippen molar-refractivity contribution in [3.05, 3.63) is 0 Å². The summed E-state index contributed by atoms with van der Waals surface area (Å²) in [7, 11) is 0. The van der Waals surface area contributed by atoms with Gasteiger partial charge in [0, 0.05) is 19.1 Å². The van der Waals surface area contributed by atoms with E-state index in [2.05, 4.69) is 0 Å². The number of carbonyl (C=O) groups is 1. The van der Waals surface area contributed by atoms with Gasteiger partial charge in [0.2, 0.25) is 0 Å². The highest BCUT2D eigenvalue weighted by Gasteiger charge is 2.33. The zero-order chi connectivity index (χ0) is 13.3. The molecule has 0 fully saturated rings. The first-order valence-electron chi connectivity index (χ1n) is 5.91. The average molecular weight is 243 g/mol. The molecule has 0 N–H and O–H groups in total. The Labute approximate surface area is 103 Å². The molecule has 5 heteroatoms. The van der Waals surface area contributed by atoms with Gasteiger partial charge < -0.3 is 14.2 Å². The number of carbonyl (C=O) groups excluding carboxylic acids is 1. The third-order valence-corrected chi connectivity index (χ3v) is 2.30. The van der Waals surface area contributed by atoms with E-state index in [9.17, 15) is 4.79 Å². The number of nitriles is 1. The smallest absolute Gasteiger partial charge is 0.323 e. The van der Waals surface area contributed by atoms with Crippen molar-refractivity contribution in [3.8, 4) is 6.07 Å². The molecule has 0 aromatic rings. The summed E-state index contributed by atoms with van der Waals surface area (Å²) in [4.78, 5) is 11.6. The lowest BCUT2D eigenvalue weighted by Gasteiger charge is -2.25. The summed E-state index contributed by atoms with van der Waals surface area (Å²) < 4.78 is 15.6. The number of nitrogens with zero attached hydrogens (tertiary/aromatic N) is 1. The fraction of sp³-hybridized carbons (Fsp3) is 0.833. The molecule has 0 aliphatic heterocycles. The van der Waals surface area contributed by atoms with Crippen molar-refractivity contribution in [3.63, 3.8) is 0 Å². The fourth-order valence-corrected chi connectivity index (χ4v) is 1.45. The molecular formula is C12H21NO4. The molecule has 2 atom stereocenters. The van der Waals surface area contributed by atoms with Crippen LogP contribution < -0.4 is 0 Å². The molecule has 0 amide bonds. The topological polar surface area (TPSA) is 68.6 Å². The first-order chi connectivity index (χ1) is 8.12. The minimum atomic E-state index is -0.863. The molecule has 17 heavy (non-hydrogen) atoms. The summed E-state index contributed by atoms with van der Waals surface area (Å²) in [5.74, 6) is -1.75. The van der Waals surface area contributed by atoms with Gasteiger partial charge in [-0.3, -0.25) is 4.79 Å². The van der Waals surface area contributed by atoms with E-state index >= 15 is 0 Å². The Morgan fingerprint density at radius 1 is 1.18 bits per heavy atom. The molecule has 0 saturated heterocycles. The Hall–Kier alpha value is -1.12. The van der Waals surface area contributed by atoms with Crippen molar-refractivity contribution in [2.75, 3.05) is 19.8 Å². The van der Waals surface area contributed by atoms with E-state index in [1.807, 2.05) is 19.9 Å². The summed E-state index contributed by atoms with van der Waals surface area (Å²) >= 11 is 0. The summed E-state index contributed by atoms with van der Waals surface area (Å²) in [6, 6.07) is 1.95. The monoisotopic (exact) mass is 243 g/mol. The first-order valence-corrected chi connectivity index (χ1v) is 5.91. The predicted molar refractivity (Wildman–Crippen MR) is 61.9 cm³/mol. The lowest BCUT2D eigenvalue weighted by atomic mass is 9.95. The molecule has 0 saturated carbocycles.